The Morgan fingerprint density at radius 3 is 2.62 bits per heavy atom. The third kappa shape index (κ3) is 3.56. The van der Waals surface area contributed by atoms with Crippen LogP contribution in [0.3, 0.4) is 0 Å². The van der Waals surface area contributed by atoms with E-state index in [1.807, 2.05) is 38.1 Å². The fraction of sp³-hybridized carbons (Fsp3) is 0.273. The first-order valence-corrected chi connectivity index (χ1v) is 3.88. The quantitative estimate of drug-likeness (QED) is 0.562. The van der Waals surface area contributed by atoms with Crippen LogP contribution in [0.1, 0.15) is 19.4 Å². The van der Waals surface area contributed by atoms with Gasteiger partial charge in [0.1, 0.15) is 0 Å². The zero-order valence-electron chi connectivity index (χ0n) is 8.04. The summed E-state index contributed by atoms with van der Waals surface area (Å²) in [6.45, 7) is 7.49. The molecule has 0 amide bonds. The summed E-state index contributed by atoms with van der Waals surface area (Å²) < 4.78 is 0. The van der Waals surface area contributed by atoms with Gasteiger partial charge in [-0.05, 0) is 26.3 Å². The molecule has 0 fully saturated rings. The van der Waals surface area contributed by atoms with E-state index >= 15 is 0 Å². The smallest absolute Gasteiger partial charge is 0.0672 e. The minimum atomic E-state index is -0.261. The van der Waals surface area contributed by atoms with Crippen molar-refractivity contribution in [3.8, 4) is 0 Å². The van der Waals surface area contributed by atoms with E-state index in [2.05, 4.69) is 23.5 Å². The second-order valence-corrected chi connectivity index (χ2v) is 3.11. The van der Waals surface area contributed by atoms with Gasteiger partial charge < -0.3 is 0 Å². The second kappa shape index (κ2) is 5.49. The molecule has 0 heterocycles. The monoisotopic (exact) mass is 247 g/mol. The Balaban J connectivity index is 0.00000144. The van der Waals surface area contributed by atoms with Crippen molar-refractivity contribution in [2.45, 2.75) is 19.4 Å². The van der Waals surface area contributed by atoms with Crippen molar-refractivity contribution < 1.29 is 32.7 Å². The summed E-state index contributed by atoms with van der Waals surface area (Å²) in [5.74, 6) is 2.56. The van der Waals surface area contributed by atoms with Crippen LogP contribution in [0.5, 0.6) is 0 Å². The molecule has 0 N–H and O–H groups in total. The maximum Gasteiger partial charge on any atom is 0.0672 e. The Labute approximate surface area is 105 Å². The van der Waals surface area contributed by atoms with Crippen molar-refractivity contribution in [3.05, 3.63) is 42.5 Å². The Kier molecular flexibility index (Phi) is 5.40. The minimum absolute atomic E-state index is 0. The van der Waals surface area contributed by atoms with E-state index in [-0.39, 0.29) is 38.2 Å². The first-order valence-electron chi connectivity index (χ1n) is 3.88. The van der Waals surface area contributed by atoms with Gasteiger partial charge >= 0.3 is 0 Å². The van der Waals surface area contributed by atoms with Crippen LogP contribution in [0.15, 0.2) is 35.8 Å². The van der Waals surface area contributed by atoms with Gasteiger partial charge in [0.05, 0.1) is 5.54 Å². The van der Waals surface area contributed by atoms with Gasteiger partial charge in [-0.1, -0.05) is 0 Å². The van der Waals surface area contributed by atoms with Crippen LogP contribution in [0.4, 0.5) is 0 Å². The van der Waals surface area contributed by atoms with Crippen LogP contribution >= 0.6 is 0 Å². The van der Waals surface area contributed by atoms with Crippen LogP contribution in [-0.2, 0) is 38.2 Å². The fourth-order valence-electron chi connectivity index (χ4n) is 1.03. The largest absolute Gasteiger partial charge is 0.235 e. The van der Waals surface area contributed by atoms with Crippen molar-refractivity contribution in [1.29, 1.82) is 0 Å². The van der Waals surface area contributed by atoms with Gasteiger partial charge in [0.2, 0.25) is 0 Å². The maximum atomic E-state index is 4.13. The SMILES string of the molecule is C=C=NC(C)(C)c1[c-]cccc1.[Y]. The molecular weight excluding hydrogens is 235 g/mol. The van der Waals surface area contributed by atoms with Gasteiger partial charge in [-0.15, -0.1) is 5.56 Å². The molecule has 0 unspecified atom stereocenters. The van der Waals surface area contributed by atoms with Gasteiger partial charge in [-0.25, -0.2) is 4.99 Å². The van der Waals surface area contributed by atoms with Crippen molar-refractivity contribution in [3.63, 3.8) is 0 Å². The molecule has 0 saturated carbocycles. The number of aliphatic imine (C=N–C) groups is 1. The fourth-order valence-corrected chi connectivity index (χ4v) is 1.03. The van der Waals surface area contributed by atoms with Crippen LogP contribution in [0.2, 0.25) is 0 Å². The summed E-state index contributed by atoms with van der Waals surface area (Å²) in [5, 5.41) is 0. The number of rotatable bonds is 2. The molecule has 1 aromatic carbocycles. The van der Waals surface area contributed by atoms with Gasteiger partial charge in [-0.2, -0.15) is 30.3 Å². The molecule has 0 aliphatic carbocycles. The molecule has 2 heteroatoms. The molecule has 1 radical (unpaired) electrons. The summed E-state index contributed by atoms with van der Waals surface area (Å²) in [6, 6.07) is 10.9. The van der Waals surface area contributed by atoms with Crippen molar-refractivity contribution >= 4 is 5.87 Å². The molecule has 13 heavy (non-hydrogen) atoms. The Hall–Kier alpha value is -0.226. The molecule has 0 bridgehead atoms. The Bertz CT molecular complexity index is 297. The Morgan fingerprint density at radius 1 is 1.46 bits per heavy atom. The zero-order chi connectivity index (χ0) is 9.03. The second-order valence-electron chi connectivity index (χ2n) is 3.11. The molecule has 65 valence electrons. The van der Waals surface area contributed by atoms with Crippen LogP contribution in [0.25, 0.3) is 0 Å². The maximum absolute atomic E-state index is 4.13. The molecule has 1 aromatic rings. The zero-order valence-corrected chi connectivity index (χ0v) is 10.9. The first kappa shape index (κ1) is 12.8. The van der Waals surface area contributed by atoms with E-state index < -0.39 is 0 Å². The topological polar surface area (TPSA) is 12.4 Å². The summed E-state index contributed by atoms with van der Waals surface area (Å²) in [4.78, 5) is 4.13. The van der Waals surface area contributed by atoms with Gasteiger partial charge in [0, 0.05) is 32.7 Å². The first-order chi connectivity index (χ1) is 5.67. The van der Waals surface area contributed by atoms with E-state index in [1.54, 1.807) is 0 Å². The number of hydrogen-bond acceptors (Lipinski definition) is 1. The molecule has 0 atom stereocenters. The molecule has 0 spiro atoms. The van der Waals surface area contributed by atoms with E-state index in [1.165, 1.54) is 0 Å². The molecule has 0 aliphatic rings. The number of nitrogens with zero attached hydrogens (tertiary/aromatic N) is 1. The van der Waals surface area contributed by atoms with E-state index in [9.17, 15) is 0 Å². The van der Waals surface area contributed by atoms with Crippen LogP contribution in [0, 0.1) is 6.07 Å². The summed E-state index contributed by atoms with van der Waals surface area (Å²) in [6.07, 6.45) is 0. The molecule has 1 rings (SSSR count). The molecule has 1 nitrogen and oxygen atoms in total. The molecule has 0 saturated heterocycles. The Morgan fingerprint density at radius 2 is 2.15 bits per heavy atom. The molecule has 0 aromatic heterocycles. The third-order valence-corrected chi connectivity index (χ3v) is 1.73. The number of hydrogen-bond donors (Lipinski definition) is 0. The molecular formula is C11H12NY-. The average molecular weight is 247 g/mol. The van der Waals surface area contributed by atoms with Gasteiger partial charge in [0.25, 0.3) is 0 Å². The summed E-state index contributed by atoms with van der Waals surface area (Å²) in [5.41, 5.74) is 0.796. The van der Waals surface area contributed by atoms with Crippen molar-refractivity contribution in [2.24, 2.45) is 4.99 Å². The predicted molar refractivity (Wildman–Crippen MR) is 51.4 cm³/mol. The van der Waals surface area contributed by atoms with E-state index in [0.29, 0.717) is 0 Å². The van der Waals surface area contributed by atoms with Crippen LogP contribution < -0.4 is 0 Å². The van der Waals surface area contributed by atoms with Crippen molar-refractivity contribution in [2.75, 3.05) is 0 Å². The average Bonchev–Trinajstić information content (AvgIpc) is 2.06. The van der Waals surface area contributed by atoms with E-state index in [0.717, 1.165) is 5.56 Å². The predicted octanol–water partition coefficient (Wildman–Crippen LogP) is 2.58. The minimum Gasteiger partial charge on any atom is -0.235 e. The normalized spacial score (nSPS) is 9.69. The standard InChI is InChI=1S/C11H12N.Y/c1-4-12-11(2,3)10-8-6-5-7-9-10;/h5-8H,1H2,2-3H3;/q-1;. The number of benzene rings is 1. The summed E-state index contributed by atoms with van der Waals surface area (Å²) in [7, 11) is 0. The van der Waals surface area contributed by atoms with Gasteiger partial charge in [0.15, 0.2) is 0 Å². The van der Waals surface area contributed by atoms with Crippen molar-refractivity contribution in [1.82, 2.24) is 0 Å². The van der Waals surface area contributed by atoms with Gasteiger partial charge in [-0.3, -0.25) is 0 Å². The summed E-state index contributed by atoms with van der Waals surface area (Å²) >= 11 is 0. The van der Waals surface area contributed by atoms with E-state index in [4.69, 9.17) is 0 Å². The third-order valence-electron chi connectivity index (χ3n) is 1.73. The molecule has 0 aliphatic heterocycles. The van der Waals surface area contributed by atoms with Crippen LogP contribution in [-0.4, -0.2) is 5.87 Å².